The van der Waals surface area contributed by atoms with Crippen molar-refractivity contribution in [1.82, 2.24) is 9.55 Å². The number of cyclic esters (lactones) is 1. The molecule has 2 aliphatic heterocycles. The summed E-state index contributed by atoms with van der Waals surface area (Å²) in [5, 5.41) is 22.7. The largest absolute Gasteiger partial charge is 0.458 e. The Morgan fingerprint density at radius 1 is 1.36 bits per heavy atom. The molecule has 5 rings (SSSR count). The molecule has 0 radical (unpaired) electrons. The minimum Gasteiger partial charge on any atom is -0.458 e. The number of aliphatic hydroxyl groups excluding tert-OH is 1. The lowest BCUT2D eigenvalue weighted by Crippen LogP contribution is -2.44. The molecule has 1 unspecified atom stereocenters. The molecule has 0 fully saturated rings. The van der Waals surface area contributed by atoms with Crippen molar-refractivity contribution >= 4 is 28.5 Å². The minimum absolute atomic E-state index is 0.0447. The molecule has 0 saturated carbocycles. The first kappa shape index (κ1) is 17.4. The Morgan fingerprint density at radius 2 is 2.11 bits per heavy atom. The number of pyridine rings is 2. The molecule has 2 aromatic heterocycles. The number of ether oxygens (including phenoxy) is 1. The number of halogens is 1. The topological polar surface area (TPSA) is 102 Å². The van der Waals surface area contributed by atoms with Crippen molar-refractivity contribution in [3.8, 4) is 11.4 Å². The number of carbonyl (C=O) groups is 1. The zero-order chi connectivity index (χ0) is 19.8. The van der Waals surface area contributed by atoms with Gasteiger partial charge in [0.1, 0.15) is 6.61 Å². The fourth-order valence-electron chi connectivity index (χ4n) is 4.05. The van der Waals surface area contributed by atoms with Crippen molar-refractivity contribution in [2.24, 2.45) is 0 Å². The molecule has 1 aromatic carbocycles. The second-order valence-corrected chi connectivity index (χ2v) is 7.34. The third-order valence-corrected chi connectivity index (χ3v) is 6.00. The van der Waals surface area contributed by atoms with E-state index >= 15 is 0 Å². The van der Waals surface area contributed by atoms with Gasteiger partial charge in [-0.2, -0.15) is 0 Å². The number of rotatable bonds is 1. The highest BCUT2D eigenvalue weighted by Gasteiger charge is 2.46. The number of para-hydroxylation sites is 1. The van der Waals surface area contributed by atoms with Crippen molar-refractivity contribution in [3.05, 3.63) is 62.4 Å². The van der Waals surface area contributed by atoms with Gasteiger partial charge in [-0.05, 0) is 18.6 Å². The first-order valence-electron chi connectivity index (χ1n) is 8.83. The zero-order valence-corrected chi connectivity index (χ0v) is 15.5. The molecule has 2 aliphatic rings. The van der Waals surface area contributed by atoms with Crippen LogP contribution in [0.3, 0.4) is 0 Å². The fourth-order valence-corrected chi connectivity index (χ4v) is 4.39. The molecule has 0 spiro atoms. The number of carbonyl (C=O) groups excluding carboxylic acids is 1. The SMILES string of the molecule is CC[C@@]1(O)C(=O)OCc2c1cc1n(c2=O)C(O)c2c-1nc1ccccc1c2Cl. The van der Waals surface area contributed by atoms with Gasteiger partial charge in [0.25, 0.3) is 5.56 Å². The number of fused-ring (bicyclic) bond motifs is 5. The quantitative estimate of drug-likeness (QED) is 0.609. The molecule has 2 atom stereocenters. The predicted octanol–water partition coefficient (Wildman–Crippen LogP) is 2.22. The molecule has 0 saturated heterocycles. The van der Waals surface area contributed by atoms with Crippen LogP contribution in [0.4, 0.5) is 0 Å². The molecular formula is C20H15ClN2O5. The maximum absolute atomic E-state index is 13.1. The molecule has 3 aromatic rings. The summed E-state index contributed by atoms with van der Waals surface area (Å²) in [5.41, 5.74) is -0.536. The number of hydrogen-bond donors (Lipinski definition) is 2. The normalized spacial score (nSPS) is 22.6. The lowest BCUT2D eigenvalue weighted by Gasteiger charge is -2.31. The van der Waals surface area contributed by atoms with Gasteiger partial charge < -0.3 is 14.9 Å². The van der Waals surface area contributed by atoms with E-state index in [0.29, 0.717) is 32.9 Å². The van der Waals surface area contributed by atoms with E-state index in [4.69, 9.17) is 16.3 Å². The van der Waals surface area contributed by atoms with Crippen molar-refractivity contribution in [1.29, 1.82) is 0 Å². The summed E-state index contributed by atoms with van der Waals surface area (Å²) >= 11 is 6.55. The Kier molecular flexibility index (Phi) is 3.49. The van der Waals surface area contributed by atoms with E-state index in [2.05, 4.69) is 4.98 Å². The summed E-state index contributed by atoms with van der Waals surface area (Å²) < 4.78 is 6.20. The number of benzene rings is 1. The van der Waals surface area contributed by atoms with Gasteiger partial charge in [0.05, 0.1) is 27.5 Å². The Bertz CT molecular complexity index is 1250. The lowest BCUT2D eigenvalue weighted by molar-refractivity contribution is -0.172. The van der Waals surface area contributed by atoms with Crippen LogP contribution in [0.25, 0.3) is 22.3 Å². The Labute approximate surface area is 163 Å². The number of aromatic nitrogens is 2. The van der Waals surface area contributed by atoms with Crippen LogP contribution in [-0.4, -0.2) is 25.7 Å². The maximum atomic E-state index is 13.1. The van der Waals surface area contributed by atoms with Gasteiger partial charge in [0, 0.05) is 16.5 Å². The average molecular weight is 399 g/mol. The predicted molar refractivity (Wildman–Crippen MR) is 101 cm³/mol. The lowest BCUT2D eigenvalue weighted by atomic mass is 9.86. The second kappa shape index (κ2) is 5.64. The van der Waals surface area contributed by atoms with Crippen LogP contribution in [0.15, 0.2) is 35.1 Å². The fraction of sp³-hybridized carbons (Fsp3) is 0.250. The summed E-state index contributed by atoms with van der Waals surface area (Å²) in [6, 6.07) is 8.73. The van der Waals surface area contributed by atoms with Crippen LogP contribution < -0.4 is 5.56 Å². The van der Waals surface area contributed by atoms with Crippen LogP contribution in [0.2, 0.25) is 5.02 Å². The van der Waals surface area contributed by atoms with Gasteiger partial charge in [0.2, 0.25) is 0 Å². The van der Waals surface area contributed by atoms with Gasteiger partial charge >= 0.3 is 5.97 Å². The van der Waals surface area contributed by atoms with Crippen molar-refractivity contribution < 1.29 is 19.7 Å². The van der Waals surface area contributed by atoms with Crippen molar-refractivity contribution in [2.45, 2.75) is 31.8 Å². The molecule has 28 heavy (non-hydrogen) atoms. The Hall–Kier alpha value is -2.74. The van der Waals surface area contributed by atoms with Gasteiger partial charge in [-0.3, -0.25) is 9.36 Å². The molecule has 142 valence electrons. The first-order chi connectivity index (χ1) is 13.4. The summed E-state index contributed by atoms with van der Waals surface area (Å²) in [4.78, 5) is 29.9. The van der Waals surface area contributed by atoms with Crippen LogP contribution >= 0.6 is 11.6 Å². The molecule has 7 nitrogen and oxygen atoms in total. The van der Waals surface area contributed by atoms with E-state index < -0.39 is 23.4 Å². The highest BCUT2D eigenvalue weighted by Crippen LogP contribution is 2.45. The molecule has 0 aliphatic carbocycles. The van der Waals surface area contributed by atoms with Gasteiger partial charge in [-0.1, -0.05) is 36.7 Å². The Morgan fingerprint density at radius 3 is 2.86 bits per heavy atom. The van der Waals surface area contributed by atoms with Crippen LogP contribution in [-0.2, 0) is 21.7 Å². The smallest absolute Gasteiger partial charge is 0.343 e. The third kappa shape index (κ3) is 1.98. The van der Waals surface area contributed by atoms with Gasteiger partial charge in [-0.15, -0.1) is 0 Å². The van der Waals surface area contributed by atoms with E-state index in [0.717, 1.165) is 0 Å². The van der Waals surface area contributed by atoms with Crippen molar-refractivity contribution in [3.63, 3.8) is 0 Å². The molecule has 2 N–H and O–H groups in total. The molecule has 4 heterocycles. The summed E-state index contributed by atoms with van der Waals surface area (Å²) in [5.74, 6) is -0.796. The van der Waals surface area contributed by atoms with Crippen molar-refractivity contribution in [2.75, 3.05) is 0 Å². The summed E-state index contributed by atoms with van der Waals surface area (Å²) in [7, 11) is 0. The van der Waals surface area contributed by atoms with E-state index in [1.165, 1.54) is 10.6 Å². The average Bonchev–Trinajstić information content (AvgIpc) is 2.98. The standard InChI is InChI=1S/C20H15ClN2O5/c1-2-20(27)11-7-13-16-14(15(21)9-5-3-4-6-12(9)22-16)18(25)23(13)17(24)10(11)8-28-19(20)26/h3-7,18,25,27H,2,8H2,1H3/t18?,20-/m0/s1. The van der Waals surface area contributed by atoms with Gasteiger partial charge in [-0.25, -0.2) is 9.78 Å². The van der Waals surface area contributed by atoms with Crippen LogP contribution in [0, 0.1) is 0 Å². The first-order valence-corrected chi connectivity index (χ1v) is 9.21. The third-order valence-electron chi connectivity index (χ3n) is 5.59. The Balaban J connectivity index is 1.88. The number of esters is 1. The number of hydrogen-bond acceptors (Lipinski definition) is 6. The summed E-state index contributed by atoms with van der Waals surface area (Å²) in [6.45, 7) is 1.37. The van der Waals surface area contributed by atoms with E-state index in [1.807, 2.05) is 12.1 Å². The molecule has 8 heteroatoms. The van der Waals surface area contributed by atoms with E-state index in [9.17, 15) is 19.8 Å². The molecule has 0 bridgehead atoms. The van der Waals surface area contributed by atoms with Gasteiger partial charge in [0.15, 0.2) is 11.8 Å². The monoisotopic (exact) mass is 398 g/mol. The summed E-state index contributed by atoms with van der Waals surface area (Å²) in [6.07, 6.45) is -1.27. The van der Waals surface area contributed by atoms with E-state index in [-0.39, 0.29) is 24.2 Å². The van der Waals surface area contributed by atoms with Crippen LogP contribution in [0.1, 0.15) is 36.3 Å². The molecule has 0 amide bonds. The zero-order valence-electron chi connectivity index (χ0n) is 14.8. The second-order valence-electron chi connectivity index (χ2n) is 6.97. The molecular weight excluding hydrogens is 384 g/mol. The highest BCUT2D eigenvalue weighted by molar-refractivity contribution is 6.36. The van der Waals surface area contributed by atoms with E-state index in [1.54, 1.807) is 19.1 Å². The number of nitrogens with zero attached hydrogens (tertiary/aromatic N) is 2. The van der Waals surface area contributed by atoms with Crippen LogP contribution in [0.5, 0.6) is 0 Å². The number of aliphatic hydroxyl groups is 2. The highest BCUT2D eigenvalue weighted by atomic mass is 35.5. The maximum Gasteiger partial charge on any atom is 0.343 e. The minimum atomic E-state index is -1.92.